The summed E-state index contributed by atoms with van der Waals surface area (Å²) < 4.78 is 0. The van der Waals surface area contributed by atoms with Gasteiger partial charge in [0.05, 0.1) is 11.2 Å². The molecule has 1 aliphatic heterocycles. The predicted octanol–water partition coefficient (Wildman–Crippen LogP) is 2.11. The molecule has 1 aromatic heterocycles. The Hall–Kier alpha value is -0.450. The summed E-state index contributed by atoms with van der Waals surface area (Å²) in [6, 6.07) is 0.704. The molecule has 1 unspecified atom stereocenters. The molecule has 2 heterocycles. The molecule has 1 N–H and O–H groups in total. The molecule has 0 saturated carbocycles. The van der Waals surface area contributed by atoms with E-state index in [0.717, 1.165) is 13.1 Å². The predicted molar refractivity (Wildman–Crippen MR) is 68.7 cm³/mol. The average molecular weight is 239 g/mol. The molecule has 0 aliphatic carbocycles. The molecule has 2 rings (SSSR count). The maximum Gasteiger partial charge on any atom is 0.0795 e. The summed E-state index contributed by atoms with van der Waals surface area (Å²) in [5.41, 5.74) is 3.16. The number of aromatic nitrogens is 1. The van der Waals surface area contributed by atoms with Crippen LogP contribution in [-0.2, 0) is 6.54 Å². The summed E-state index contributed by atoms with van der Waals surface area (Å²) in [5.74, 6) is 0. The Morgan fingerprint density at radius 2 is 2.56 bits per heavy atom. The highest BCUT2D eigenvalue weighted by atomic mass is 32.1. The molecule has 90 valence electrons. The lowest BCUT2D eigenvalue weighted by molar-refractivity contribution is 0.156. The average Bonchev–Trinajstić information content (AvgIpc) is 2.83. The fourth-order valence-corrected chi connectivity index (χ4v) is 2.90. The van der Waals surface area contributed by atoms with Gasteiger partial charge in [-0.1, -0.05) is 6.92 Å². The van der Waals surface area contributed by atoms with Gasteiger partial charge in [0.2, 0.25) is 0 Å². The van der Waals surface area contributed by atoms with E-state index in [2.05, 4.69) is 27.5 Å². The Labute approximate surface area is 102 Å². The van der Waals surface area contributed by atoms with Crippen LogP contribution in [0.1, 0.15) is 31.9 Å². The SMILES string of the molecule is CCCN(Cc1cscn1)C1CCCNC1. The highest BCUT2D eigenvalue weighted by Crippen LogP contribution is 2.14. The largest absolute Gasteiger partial charge is 0.315 e. The first-order valence-electron chi connectivity index (χ1n) is 6.22. The minimum absolute atomic E-state index is 0.704. The normalized spacial score (nSPS) is 21.5. The summed E-state index contributed by atoms with van der Waals surface area (Å²) in [5, 5.41) is 5.66. The van der Waals surface area contributed by atoms with Gasteiger partial charge in [-0.25, -0.2) is 4.98 Å². The molecule has 1 saturated heterocycles. The number of rotatable bonds is 5. The number of nitrogens with zero attached hydrogens (tertiary/aromatic N) is 2. The smallest absolute Gasteiger partial charge is 0.0795 e. The summed E-state index contributed by atoms with van der Waals surface area (Å²) in [6.45, 7) is 6.79. The Bertz CT molecular complexity index is 280. The van der Waals surface area contributed by atoms with Crippen LogP contribution in [0.4, 0.5) is 0 Å². The van der Waals surface area contributed by atoms with Gasteiger partial charge in [-0.2, -0.15) is 0 Å². The quantitative estimate of drug-likeness (QED) is 0.853. The first-order chi connectivity index (χ1) is 7.90. The van der Waals surface area contributed by atoms with Crippen LogP contribution in [0, 0.1) is 0 Å². The van der Waals surface area contributed by atoms with Crippen LogP contribution in [0.15, 0.2) is 10.9 Å². The van der Waals surface area contributed by atoms with Gasteiger partial charge in [-0.15, -0.1) is 11.3 Å². The van der Waals surface area contributed by atoms with Gasteiger partial charge in [0, 0.05) is 24.5 Å². The summed E-state index contributed by atoms with van der Waals surface area (Å²) in [6.07, 6.45) is 3.86. The van der Waals surface area contributed by atoms with Crippen LogP contribution < -0.4 is 5.32 Å². The van der Waals surface area contributed by atoms with Gasteiger partial charge in [-0.05, 0) is 32.4 Å². The number of hydrogen-bond acceptors (Lipinski definition) is 4. The lowest BCUT2D eigenvalue weighted by atomic mass is 10.1. The van der Waals surface area contributed by atoms with E-state index in [1.54, 1.807) is 11.3 Å². The van der Waals surface area contributed by atoms with Crippen molar-refractivity contribution in [2.75, 3.05) is 19.6 Å². The zero-order chi connectivity index (χ0) is 11.2. The standard InChI is InChI=1S/C12H21N3S/c1-2-6-15(8-11-9-16-10-14-11)12-4-3-5-13-7-12/h9-10,12-13H,2-8H2,1H3. The van der Waals surface area contributed by atoms with Crippen LogP contribution in [0.25, 0.3) is 0 Å². The van der Waals surface area contributed by atoms with Gasteiger partial charge in [0.1, 0.15) is 0 Å². The molecule has 0 bridgehead atoms. The van der Waals surface area contributed by atoms with Crippen molar-refractivity contribution in [3.63, 3.8) is 0 Å². The van der Waals surface area contributed by atoms with Crippen LogP contribution in [-0.4, -0.2) is 35.6 Å². The molecule has 1 aliphatic rings. The van der Waals surface area contributed by atoms with Crippen LogP contribution in [0.3, 0.4) is 0 Å². The van der Waals surface area contributed by atoms with Gasteiger partial charge >= 0.3 is 0 Å². The van der Waals surface area contributed by atoms with E-state index in [1.807, 2.05) is 5.51 Å². The van der Waals surface area contributed by atoms with Crippen molar-refractivity contribution in [1.29, 1.82) is 0 Å². The summed E-state index contributed by atoms with van der Waals surface area (Å²) in [4.78, 5) is 6.97. The van der Waals surface area contributed by atoms with E-state index in [0.29, 0.717) is 6.04 Å². The Balaban J connectivity index is 1.92. The number of piperidine rings is 1. The van der Waals surface area contributed by atoms with Crippen molar-refractivity contribution in [2.24, 2.45) is 0 Å². The van der Waals surface area contributed by atoms with E-state index < -0.39 is 0 Å². The molecule has 3 nitrogen and oxygen atoms in total. The first-order valence-corrected chi connectivity index (χ1v) is 7.16. The van der Waals surface area contributed by atoms with Crippen molar-refractivity contribution in [3.05, 3.63) is 16.6 Å². The number of nitrogens with one attached hydrogen (secondary N) is 1. The van der Waals surface area contributed by atoms with Crippen molar-refractivity contribution in [1.82, 2.24) is 15.2 Å². The molecule has 0 radical (unpaired) electrons. The second-order valence-corrected chi connectivity index (χ2v) is 5.17. The molecule has 0 spiro atoms. The van der Waals surface area contributed by atoms with Gasteiger partial charge in [-0.3, -0.25) is 4.90 Å². The van der Waals surface area contributed by atoms with Crippen molar-refractivity contribution in [3.8, 4) is 0 Å². The Kier molecular flexibility index (Phi) is 4.75. The van der Waals surface area contributed by atoms with Gasteiger partial charge < -0.3 is 5.32 Å². The van der Waals surface area contributed by atoms with Gasteiger partial charge in [0.15, 0.2) is 0 Å². The van der Waals surface area contributed by atoms with Crippen LogP contribution in [0.5, 0.6) is 0 Å². The maximum absolute atomic E-state index is 4.39. The summed E-state index contributed by atoms with van der Waals surface area (Å²) in [7, 11) is 0. The van der Waals surface area contributed by atoms with E-state index in [-0.39, 0.29) is 0 Å². The van der Waals surface area contributed by atoms with Gasteiger partial charge in [0.25, 0.3) is 0 Å². The number of hydrogen-bond donors (Lipinski definition) is 1. The van der Waals surface area contributed by atoms with E-state index in [4.69, 9.17) is 0 Å². The third-order valence-corrected chi connectivity index (χ3v) is 3.78. The zero-order valence-corrected chi connectivity index (χ0v) is 10.8. The molecule has 16 heavy (non-hydrogen) atoms. The third-order valence-electron chi connectivity index (χ3n) is 3.15. The zero-order valence-electron chi connectivity index (χ0n) is 9.98. The molecule has 1 aromatic rings. The Morgan fingerprint density at radius 3 is 3.19 bits per heavy atom. The maximum atomic E-state index is 4.39. The van der Waals surface area contributed by atoms with E-state index in [9.17, 15) is 0 Å². The molecular weight excluding hydrogens is 218 g/mol. The Morgan fingerprint density at radius 1 is 1.62 bits per heavy atom. The molecule has 1 atom stereocenters. The highest BCUT2D eigenvalue weighted by molar-refractivity contribution is 7.07. The van der Waals surface area contributed by atoms with Crippen molar-refractivity contribution >= 4 is 11.3 Å². The molecule has 4 heteroatoms. The summed E-state index contributed by atoms with van der Waals surface area (Å²) >= 11 is 1.69. The lowest BCUT2D eigenvalue weighted by Gasteiger charge is -2.34. The van der Waals surface area contributed by atoms with Crippen LogP contribution in [0.2, 0.25) is 0 Å². The van der Waals surface area contributed by atoms with Crippen LogP contribution >= 0.6 is 11.3 Å². The monoisotopic (exact) mass is 239 g/mol. The second kappa shape index (κ2) is 6.33. The fourth-order valence-electron chi connectivity index (χ4n) is 2.35. The van der Waals surface area contributed by atoms with E-state index in [1.165, 1.54) is 38.0 Å². The second-order valence-electron chi connectivity index (χ2n) is 4.45. The molecular formula is C12H21N3S. The molecule has 0 amide bonds. The van der Waals surface area contributed by atoms with Crippen molar-refractivity contribution in [2.45, 2.75) is 38.8 Å². The highest BCUT2D eigenvalue weighted by Gasteiger charge is 2.20. The fraction of sp³-hybridized carbons (Fsp3) is 0.750. The van der Waals surface area contributed by atoms with Crippen molar-refractivity contribution < 1.29 is 0 Å². The van der Waals surface area contributed by atoms with E-state index >= 15 is 0 Å². The topological polar surface area (TPSA) is 28.2 Å². The lowest BCUT2D eigenvalue weighted by Crippen LogP contribution is -2.45. The third kappa shape index (κ3) is 3.27. The number of thiazole rings is 1. The first kappa shape index (κ1) is 12.0. The minimum atomic E-state index is 0.704. The molecule has 1 fully saturated rings. The molecule has 0 aromatic carbocycles. The minimum Gasteiger partial charge on any atom is -0.315 e.